The molecule has 0 spiro atoms. The molecule has 0 aliphatic heterocycles. The van der Waals surface area contributed by atoms with E-state index in [0.29, 0.717) is 12.1 Å². The van der Waals surface area contributed by atoms with E-state index < -0.39 is 58.1 Å². The van der Waals surface area contributed by atoms with Crippen LogP contribution in [0.1, 0.15) is 0 Å². The summed E-state index contributed by atoms with van der Waals surface area (Å²) in [7, 11) is 0. The molecule has 0 amide bonds. The molecular weight excluding hydrogens is 343 g/mol. The normalized spacial score (nSPS) is 11.7. The van der Waals surface area contributed by atoms with Crippen LogP contribution in [0.15, 0.2) is 18.2 Å². The van der Waals surface area contributed by atoms with E-state index in [4.69, 9.17) is 0 Å². The van der Waals surface area contributed by atoms with Crippen LogP contribution < -0.4 is 4.74 Å². The van der Waals surface area contributed by atoms with Gasteiger partial charge in [-0.2, -0.15) is 0 Å². The number of benzene rings is 2. The van der Waals surface area contributed by atoms with E-state index in [2.05, 4.69) is 4.74 Å². The van der Waals surface area contributed by atoms with Crippen LogP contribution in [0, 0.1) is 34.9 Å². The Hall–Kier alpha value is -2.39. The van der Waals surface area contributed by atoms with Crippen molar-refractivity contribution < 1.29 is 44.3 Å². The average molecular weight is 346 g/mol. The first kappa shape index (κ1) is 17.0. The maximum Gasteiger partial charge on any atom is 0.573 e. The highest BCUT2D eigenvalue weighted by atomic mass is 19.4. The average Bonchev–Trinajstić information content (AvgIpc) is 2.45. The molecule has 2 rings (SSSR count). The molecular formula is C13H3F9O. The van der Waals surface area contributed by atoms with Crippen LogP contribution in [0.2, 0.25) is 0 Å². The fourth-order valence-corrected chi connectivity index (χ4v) is 1.73. The van der Waals surface area contributed by atoms with Crippen LogP contribution in [0.3, 0.4) is 0 Å². The van der Waals surface area contributed by atoms with E-state index in [0.717, 1.165) is 0 Å². The third kappa shape index (κ3) is 3.20. The molecule has 0 aliphatic rings. The molecule has 0 N–H and O–H groups in total. The van der Waals surface area contributed by atoms with Crippen molar-refractivity contribution in [1.29, 1.82) is 0 Å². The lowest BCUT2D eigenvalue weighted by Crippen LogP contribution is -2.17. The molecule has 0 heterocycles. The first-order chi connectivity index (χ1) is 10.5. The molecule has 2 aromatic carbocycles. The van der Waals surface area contributed by atoms with E-state index in [1.165, 1.54) is 0 Å². The van der Waals surface area contributed by atoms with Crippen molar-refractivity contribution in [2.45, 2.75) is 6.36 Å². The molecule has 0 saturated heterocycles. The van der Waals surface area contributed by atoms with E-state index >= 15 is 0 Å². The third-order valence-corrected chi connectivity index (χ3v) is 2.65. The fourth-order valence-electron chi connectivity index (χ4n) is 1.73. The van der Waals surface area contributed by atoms with Gasteiger partial charge in [0, 0.05) is 5.56 Å². The number of hydrogen-bond donors (Lipinski definition) is 0. The molecule has 0 aromatic heterocycles. The van der Waals surface area contributed by atoms with Gasteiger partial charge in [-0.1, -0.05) is 0 Å². The summed E-state index contributed by atoms with van der Waals surface area (Å²) < 4.78 is 120. The number of alkyl halides is 3. The summed E-state index contributed by atoms with van der Waals surface area (Å²) in [5.41, 5.74) is -2.98. The Bertz CT molecular complexity index is 738. The molecule has 0 atom stereocenters. The Kier molecular flexibility index (Phi) is 4.18. The van der Waals surface area contributed by atoms with Crippen molar-refractivity contribution in [2.75, 3.05) is 0 Å². The zero-order chi connectivity index (χ0) is 17.5. The molecule has 0 aliphatic carbocycles. The lowest BCUT2D eigenvalue weighted by molar-refractivity contribution is -0.274. The van der Waals surface area contributed by atoms with Gasteiger partial charge in [0.25, 0.3) is 0 Å². The minimum atomic E-state index is -5.20. The summed E-state index contributed by atoms with van der Waals surface area (Å²) in [5.74, 6) is -14.6. The number of ether oxygens (including phenoxy) is 1. The third-order valence-electron chi connectivity index (χ3n) is 2.65. The van der Waals surface area contributed by atoms with Crippen LogP contribution in [0.25, 0.3) is 11.1 Å². The molecule has 0 fully saturated rings. The predicted octanol–water partition coefficient (Wildman–Crippen LogP) is 5.09. The highest BCUT2D eigenvalue weighted by molar-refractivity contribution is 5.67. The molecule has 0 bridgehead atoms. The summed E-state index contributed by atoms with van der Waals surface area (Å²) in [6.45, 7) is 0. The second kappa shape index (κ2) is 5.67. The minimum absolute atomic E-state index is 0.168. The summed E-state index contributed by atoms with van der Waals surface area (Å²) in [5, 5.41) is 0. The summed E-state index contributed by atoms with van der Waals surface area (Å²) in [6, 6.07) is 0.966. The minimum Gasteiger partial charge on any atom is -0.406 e. The van der Waals surface area contributed by atoms with Crippen LogP contribution in [-0.4, -0.2) is 6.36 Å². The van der Waals surface area contributed by atoms with Crippen molar-refractivity contribution in [2.24, 2.45) is 0 Å². The Morgan fingerprint density at radius 1 is 0.696 bits per heavy atom. The second-order valence-corrected chi connectivity index (χ2v) is 4.13. The molecule has 1 nitrogen and oxygen atoms in total. The number of rotatable bonds is 2. The van der Waals surface area contributed by atoms with Gasteiger partial charge in [-0.05, 0) is 18.2 Å². The van der Waals surface area contributed by atoms with Crippen LogP contribution in [-0.2, 0) is 0 Å². The van der Waals surface area contributed by atoms with Gasteiger partial charge in [-0.3, -0.25) is 0 Å². The van der Waals surface area contributed by atoms with E-state index in [1.54, 1.807) is 0 Å². The fraction of sp³-hybridized carbons (Fsp3) is 0.0769. The van der Waals surface area contributed by atoms with Gasteiger partial charge >= 0.3 is 6.36 Å². The molecule has 23 heavy (non-hydrogen) atoms. The van der Waals surface area contributed by atoms with Crippen LogP contribution >= 0.6 is 0 Å². The monoisotopic (exact) mass is 346 g/mol. The van der Waals surface area contributed by atoms with Gasteiger partial charge in [0.2, 0.25) is 5.82 Å². The second-order valence-electron chi connectivity index (χ2n) is 4.13. The van der Waals surface area contributed by atoms with Gasteiger partial charge in [0.05, 0.1) is 5.56 Å². The topological polar surface area (TPSA) is 9.23 Å². The van der Waals surface area contributed by atoms with Crippen molar-refractivity contribution in [3.63, 3.8) is 0 Å². The van der Waals surface area contributed by atoms with Gasteiger partial charge in [0.1, 0.15) is 11.6 Å². The van der Waals surface area contributed by atoms with Gasteiger partial charge in [-0.25, -0.2) is 26.3 Å². The zero-order valence-electron chi connectivity index (χ0n) is 10.5. The molecule has 2 aromatic rings. The molecule has 124 valence electrons. The standard InChI is InChI=1S/C13H3F9O/c14-6-2-1-4(23-13(20,21)22)3-5(6)7-8(15)10(17)12(19)11(18)9(7)16/h1-3H. The lowest BCUT2D eigenvalue weighted by Gasteiger charge is -2.12. The molecule has 0 radical (unpaired) electrons. The Morgan fingerprint density at radius 2 is 1.17 bits per heavy atom. The molecule has 0 unspecified atom stereocenters. The quantitative estimate of drug-likeness (QED) is 0.418. The Morgan fingerprint density at radius 3 is 1.65 bits per heavy atom. The van der Waals surface area contributed by atoms with E-state index in [-0.39, 0.29) is 6.07 Å². The molecule has 10 heteroatoms. The number of hydrogen-bond acceptors (Lipinski definition) is 1. The maximum atomic E-state index is 13.6. The predicted molar refractivity (Wildman–Crippen MR) is 58.3 cm³/mol. The smallest absolute Gasteiger partial charge is 0.406 e. The molecule has 0 saturated carbocycles. The first-order valence-electron chi connectivity index (χ1n) is 5.60. The van der Waals surface area contributed by atoms with Crippen molar-refractivity contribution in [1.82, 2.24) is 0 Å². The lowest BCUT2D eigenvalue weighted by atomic mass is 10.0. The highest BCUT2D eigenvalue weighted by Crippen LogP contribution is 2.35. The maximum absolute atomic E-state index is 13.6. The van der Waals surface area contributed by atoms with Crippen molar-refractivity contribution in [3.8, 4) is 16.9 Å². The van der Waals surface area contributed by atoms with E-state index in [1.807, 2.05) is 0 Å². The summed E-state index contributed by atoms with van der Waals surface area (Å²) >= 11 is 0. The SMILES string of the molecule is Fc1ccc(OC(F)(F)F)cc1-c1c(F)c(F)c(F)c(F)c1F. The Balaban J connectivity index is 2.70. The largest absolute Gasteiger partial charge is 0.573 e. The van der Waals surface area contributed by atoms with Gasteiger partial charge < -0.3 is 4.74 Å². The van der Waals surface area contributed by atoms with Crippen LogP contribution in [0.5, 0.6) is 5.75 Å². The highest BCUT2D eigenvalue weighted by Gasteiger charge is 2.32. The van der Waals surface area contributed by atoms with Crippen molar-refractivity contribution >= 4 is 0 Å². The van der Waals surface area contributed by atoms with Crippen molar-refractivity contribution in [3.05, 3.63) is 53.1 Å². The summed E-state index contributed by atoms with van der Waals surface area (Å²) in [4.78, 5) is 0. The van der Waals surface area contributed by atoms with E-state index in [9.17, 15) is 39.5 Å². The van der Waals surface area contributed by atoms with Crippen LogP contribution in [0.4, 0.5) is 39.5 Å². The first-order valence-corrected chi connectivity index (χ1v) is 5.60. The van der Waals surface area contributed by atoms with Gasteiger partial charge in [0.15, 0.2) is 23.3 Å². The zero-order valence-corrected chi connectivity index (χ0v) is 10.5. The number of halogens is 9. The van der Waals surface area contributed by atoms with Gasteiger partial charge in [-0.15, -0.1) is 13.2 Å². The summed E-state index contributed by atoms with van der Waals surface area (Å²) in [6.07, 6.45) is -5.20. The Labute approximate surface area is 121 Å².